The lowest BCUT2D eigenvalue weighted by Crippen LogP contribution is -2.20. The molecule has 0 spiro atoms. The second kappa shape index (κ2) is 4.33. The zero-order valence-electron chi connectivity index (χ0n) is 11.1. The molecule has 100 valence electrons. The first-order valence-electron chi connectivity index (χ1n) is 6.69. The molecular formula is C14H17N3O2. The molecule has 19 heavy (non-hydrogen) atoms. The number of fused-ring (bicyclic) bond motifs is 1. The van der Waals surface area contributed by atoms with E-state index < -0.39 is 12.0 Å². The smallest absolute Gasteiger partial charge is 0.326 e. The van der Waals surface area contributed by atoms with Crippen LogP contribution in [0.3, 0.4) is 0 Å². The predicted molar refractivity (Wildman–Crippen MR) is 71.2 cm³/mol. The van der Waals surface area contributed by atoms with Crippen LogP contribution in [0.4, 0.5) is 0 Å². The van der Waals surface area contributed by atoms with Crippen LogP contribution in [0.1, 0.15) is 49.5 Å². The molecule has 5 heteroatoms. The highest BCUT2D eigenvalue weighted by Gasteiger charge is 2.33. The zero-order chi connectivity index (χ0) is 13.6. The Bertz CT molecular complexity index is 643. The highest BCUT2D eigenvalue weighted by Crippen LogP contribution is 2.41. The lowest BCUT2D eigenvalue weighted by atomic mass is 10.2. The molecule has 1 saturated carbocycles. The molecule has 1 fully saturated rings. The van der Waals surface area contributed by atoms with Crippen molar-refractivity contribution in [3.63, 3.8) is 0 Å². The maximum atomic E-state index is 11.5. The molecule has 3 rings (SSSR count). The van der Waals surface area contributed by atoms with E-state index in [-0.39, 0.29) is 0 Å². The fourth-order valence-electron chi connectivity index (χ4n) is 2.50. The van der Waals surface area contributed by atoms with Gasteiger partial charge in [0.15, 0.2) is 5.65 Å². The number of rotatable bonds is 4. The molecule has 0 saturated heterocycles. The molecule has 0 aliphatic heterocycles. The molecule has 0 bridgehead atoms. The van der Waals surface area contributed by atoms with Gasteiger partial charge in [0.05, 0.1) is 0 Å². The van der Waals surface area contributed by atoms with E-state index in [9.17, 15) is 9.90 Å². The number of aliphatic carboxylic acids is 1. The van der Waals surface area contributed by atoms with Gasteiger partial charge < -0.3 is 5.11 Å². The van der Waals surface area contributed by atoms with Crippen molar-refractivity contribution >= 4 is 17.1 Å². The van der Waals surface area contributed by atoms with E-state index in [0.29, 0.717) is 18.0 Å². The van der Waals surface area contributed by atoms with Crippen LogP contribution in [-0.2, 0) is 4.79 Å². The molecule has 2 heterocycles. The van der Waals surface area contributed by atoms with E-state index in [1.165, 1.54) is 0 Å². The summed E-state index contributed by atoms with van der Waals surface area (Å²) in [7, 11) is 0. The van der Waals surface area contributed by atoms with Gasteiger partial charge in [0.25, 0.3) is 0 Å². The SMILES string of the molecule is CCC(C(=O)O)n1c(C2CC2)nc2cc(C)cnc21. The number of aromatic nitrogens is 3. The highest BCUT2D eigenvalue weighted by atomic mass is 16.4. The minimum Gasteiger partial charge on any atom is -0.480 e. The minimum atomic E-state index is -0.814. The largest absolute Gasteiger partial charge is 0.480 e. The minimum absolute atomic E-state index is 0.405. The number of hydrogen-bond acceptors (Lipinski definition) is 3. The molecule has 1 atom stereocenters. The van der Waals surface area contributed by atoms with Crippen LogP contribution in [0.2, 0.25) is 0 Å². The summed E-state index contributed by atoms with van der Waals surface area (Å²) >= 11 is 0. The lowest BCUT2D eigenvalue weighted by molar-refractivity contribution is -0.140. The molecule has 1 unspecified atom stereocenters. The maximum absolute atomic E-state index is 11.5. The summed E-state index contributed by atoms with van der Waals surface area (Å²) in [4.78, 5) is 20.5. The number of carboxylic acids is 1. The van der Waals surface area contributed by atoms with Gasteiger partial charge in [-0.1, -0.05) is 6.92 Å². The maximum Gasteiger partial charge on any atom is 0.326 e. The van der Waals surface area contributed by atoms with Gasteiger partial charge in [0.1, 0.15) is 17.4 Å². The fraction of sp³-hybridized carbons (Fsp3) is 0.500. The molecule has 2 aromatic rings. The van der Waals surface area contributed by atoms with Crippen molar-refractivity contribution in [1.82, 2.24) is 14.5 Å². The van der Waals surface area contributed by atoms with Crippen LogP contribution < -0.4 is 0 Å². The lowest BCUT2D eigenvalue weighted by Gasteiger charge is -2.15. The first-order chi connectivity index (χ1) is 9.11. The number of carbonyl (C=O) groups is 1. The number of pyridine rings is 1. The van der Waals surface area contributed by atoms with Crippen LogP contribution in [0.15, 0.2) is 12.3 Å². The van der Waals surface area contributed by atoms with Crippen molar-refractivity contribution in [2.75, 3.05) is 0 Å². The molecule has 1 N–H and O–H groups in total. The van der Waals surface area contributed by atoms with E-state index in [1.54, 1.807) is 6.20 Å². The average molecular weight is 259 g/mol. The van der Waals surface area contributed by atoms with Crippen LogP contribution in [-0.4, -0.2) is 25.6 Å². The Labute approximate surface area is 111 Å². The van der Waals surface area contributed by atoms with Gasteiger partial charge in [-0.15, -0.1) is 0 Å². The van der Waals surface area contributed by atoms with Gasteiger partial charge in [-0.05, 0) is 37.8 Å². The van der Waals surface area contributed by atoms with Gasteiger partial charge in [-0.2, -0.15) is 0 Å². The molecule has 0 amide bonds. The second-order valence-electron chi connectivity index (χ2n) is 5.23. The highest BCUT2D eigenvalue weighted by molar-refractivity contribution is 5.78. The fourth-order valence-corrected chi connectivity index (χ4v) is 2.50. The standard InChI is InChI=1S/C14H17N3O2/c1-3-11(14(18)19)17-12(9-4-5-9)16-10-6-8(2)7-15-13(10)17/h6-7,9,11H,3-5H2,1-2H3,(H,18,19). The molecule has 0 radical (unpaired) electrons. The summed E-state index contributed by atoms with van der Waals surface area (Å²) in [6.45, 7) is 3.85. The van der Waals surface area contributed by atoms with Gasteiger partial charge in [0, 0.05) is 12.1 Å². The number of imidazole rings is 1. The van der Waals surface area contributed by atoms with Crippen LogP contribution in [0, 0.1) is 6.92 Å². The van der Waals surface area contributed by atoms with Crippen molar-refractivity contribution in [3.8, 4) is 0 Å². The summed E-state index contributed by atoms with van der Waals surface area (Å²) in [5.41, 5.74) is 2.55. The van der Waals surface area contributed by atoms with Crippen LogP contribution >= 0.6 is 0 Å². The van der Waals surface area contributed by atoms with Crippen molar-refractivity contribution in [1.29, 1.82) is 0 Å². The van der Waals surface area contributed by atoms with E-state index >= 15 is 0 Å². The predicted octanol–water partition coefficient (Wildman–Crippen LogP) is 2.65. The third-order valence-corrected chi connectivity index (χ3v) is 3.62. The first kappa shape index (κ1) is 12.1. The normalized spacial score (nSPS) is 16.7. The summed E-state index contributed by atoms with van der Waals surface area (Å²) in [5, 5.41) is 9.41. The summed E-state index contributed by atoms with van der Waals surface area (Å²) < 4.78 is 1.83. The van der Waals surface area contributed by atoms with E-state index in [1.807, 2.05) is 24.5 Å². The molecular weight excluding hydrogens is 242 g/mol. The van der Waals surface area contributed by atoms with Crippen molar-refractivity contribution in [3.05, 3.63) is 23.7 Å². The second-order valence-corrected chi connectivity index (χ2v) is 5.23. The number of carboxylic acid groups (broad SMARTS) is 1. The Kier molecular flexibility index (Phi) is 2.77. The quantitative estimate of drug-likeness (QED) is 0.916. The van der Waals surface area contributed by atoms with Crippen LogP contribution in [0.25, 0.3) is 11.2 Å². The van der Waals surface area contributed by atoms with E-state index in [0.717, 1.165) is 29.7 Å². The third-order valence-electron chi connectivity index (χ3n) is 3.62. The van der Waals surface area contributed by atoms with Crippen LogP contribution in [0.5, 0.6) is 0 Å². The molecule has 0 aromatic carbocycles. The van der Waals surface area contributed by atoms with E-state index in [2.05, 4.69) is 9.97 Å². The Balaban J connectivity index is 2.24. The van der Waals surface area contributed by atoms with E-state index in [4.69, 9.17) is 0 Å². The monoisotopic (exact) mass is 259 g/mol. The number of nitrogens with zero attached hydrogens (tertiary/aromatic N) is 3. The van der Waals surface area contributed by atoms with Gasteiger partial charge in [0.2, 0.25) is 0 Å². The Morgan fingerprint density at radius 2 is 2.32 bits per heavy atom. The summed E-state index contributed by atoms with van der Waals surface area (Å²) in [5.74, 6) is 0.483. The number of hydrogen-bond donors (Lipinski definition) is 1. The Morgan fingerprint density at radius 3 is 2.89 bits per heavy atom. The number of aryl methyl sites for hydroxylation is 1. The third kappa shape index (κ3) is 1.99. The Hall–Kier alpha value is -1.91. The molecule has 1 aliphatic carbocycles. The Morgan fingerprint density at radius 1 is 1.58 bits per heavy atom. The average Bonchev–Trinajstić information content (AvgIpc) is 3.13. The topological polar surface area (TPSA) is 68.0 Å². The van der Waals surface area contributed by atoms with Crippen molar-refractivity contribution in [2.45, 2.75) is 45.1 Å². The van der Waals surface area contributed by atoms with Gasteiger partial charge >= 0.3 is 5.97 Å². The van der Waals surface area contributed by atoms with Gasteiger partial charge in [-0.3, -0.25) is 4.57 Å². The first-order valence-corrected chi connectivity index (χ1v) is 6.69. The molecule has 5 nitrogen and oxygen atoms in total. The summed E-state index contributed by atoms with van der Waals surface area (Å²) in [6.07, 6.45) is 4.50. The zero-order valence-corrected chi connectivity index (χ0v) is 11.1. The molecule has 1 aliphatic rings. The van der Waals surface area contributed by atoms with Crippen molar-refractivity contribution < 1.29 is 9.90 Å². The molecule has 2 aromatic heterocycles. The summed E-state index contributed by atoms with van der Waals surface area (Å²) in [6, 6.07) is 1.40. The van der Waals surface area contributed by atoms with Crippen molar-refractivity contribution in [2.24, 2.45) is 0 Å². The van der Waals surface area contributed by atoms with Gasteiger partial charge in [-0.25, -0.2) is 14.8 Å².